The van der Waals surface area contributed by atoms with E-state index in [1.54, 1.807) is 0 Å². The molecule has 0 spiro atoms. The van der Waals surface area contributed by atoms with E-state index >= 15 is 0 Å². The summed E-state index contributed by atoms with van der Waals surface area (Å²) in [6.07, 6.45) is 6.82. The van der Waals surface area contributed by atoms with E-state index in [0.29, 0.717) is 0 Å². The van der Waals surface area contributed by atoms with E-state index in [0.717, 1.165) is 25.7 Å². The molecule has 0 aromatic carbocycles. The summed E-state index contributed by atoms with van der Waals surface area (Å²) < 4.78 is 0. The lowest BCUT2D eigenvalue weighted by molar-refractivity contribution is -0.141. The Labute approximate surface area is 92.0 Å². The van der Waals surface area contributed by atoms with Crippen LogP contribution in [0, 0.1) is 5.41 Å². The monoisotopic (exact) mass is 213 g/mol. The average molecular weight is 213 g/mol. The molecule has 1 rings (SSSR count). The van der Waals surface area contributed by atoms with Crippen molar-refractivity contribution >= 4 is 5.97 Å². The Kier molecular flexibility index (Phi) is 3.77. The standard InChI is InChI=1S/C12H23NO2/c1-11(2,13)12(9-10(14)15)7-5-3-4-6-8-12/h3-9,13H2,1-2H3,(H,14,15). The van der Waals surface area contributed by atoms with Gasteiger partial charge in [-0.1, -0.05) is 25.7 Å². The Hall–Kier alpha value is -0.570. The average Bonchev–Trinajstić information content (AvgIpc) is 2.28. The zero-order valence-electron chi connectivity index (χ0n) is 9.88. The molecule has 0 aromatic rings. The maximum atomic E-state index is 11.0. The summed E-state index contributed by atoms with van der Waals surface area (Å²) in [4.78, 5) is 11.0. The molecule has 1 fully saturated rings. The highest BCUT2D eigenvalue weighted by Crippen LogP contribution is 2.45. The number of hydrogen-bond donors (Lipinski definition) is 2. The van der Waals surface area contributed by atoms with Gasteiger partial charge in [0.2, 0.25) is 0 Å². The minimum Gasteiger partial charge on any atom is -0.481 e. The van der Waals surface area contributed by atoms with Crippen LogP contribution in [0.1, 0.15) is 58.8 Å². The van der Waals surface area contributed by atoms with Gasteiger partial charge in [0.05, 0.1) is 6.42 Å². The second-order valence-corrected chi connectivity index (χ2v) is 5.49. The first kappa shape index (κ1) is 12.5. The van der Waals surface area contributed by atoms with Crippen molar-refractivity contribution < 1.29 is 9.90 Å². The largest absolute Gasteiger partial charge is 0.481 e. The first-order chi connectivity index (χ1) is 6.87. The second kappa shape index (κ2) is 4.52. The fourth-order valence-corrected chi connectivity index (χ4v) is 2.74. The van der Waals surface area contributed by atoms with E-state index in [4.69, 9.17) is 10.8 Å². The maximum Gasteiger partial charge on any atom is 0.303 e. The molecule has 0 radical (unpaired) electrons. The Balaban J connectivity index is 2.87. The summed E-state index contributed by atoms with van der Waals surface area (Å²) in [6, 6.07) is 0. The van der Waals surface area contributed by atoms with E-state index in [1.165, 1.54) is 12.8 Å². The van der Waals surface area contributed by atoms with Crippen molar-refractivity contribution in [1.29, 1.82) is 0 Å². The van der Waals surface area contributed by atoms with Crippen molar-refractivity contribution in [3.63, 3.8) is 0 Å². The summed E-state index contributed by atoms with van der Waals surface area (Å²) in [5.41, 5.74) is 5.61. The first-order valence-electron chi connectivity index (χ1n) is 5.88. The molecule has 88 valence electrons. The van der Waals surface area contributed by atoms with Crippen LogP contribution in [0.15, 0.2) is 0 Å². The second-order valence-electron chi connectivity index (χ2n) is 5.49. The molecule has 0 heterocycles. The highest BCUT2D eigenvalue weighted by Gasteiger charge is 2.43. The first-order valence-corrected chi connectivity index (χ1v) is 5.88. The molecule has 0 unspecified atom stereocenters. The normalized spacial score (nSPS) is 22.1. The summed E-state index contributed by atoms with van der Waals surface area (Å²) in [5, 5.41) is 9.03. The van der Waals surface area contributed by atoms with Gasteiger partial charge in [-0.15, -0.1) is 0 Å². The molecule has 15 heavy (non-hydrogen) atoms. The Morgan fingerprint density at radius 2 is 1.73 bits per heavy atom. The van der Waals surface area contributed by atoms with E-state index in [9.17, 15) is 4.79 Å². The molecule has 1 saturated carbocycles. The zero-order chi connectivity index (χ0) is 11.5. The minimum absolute atomic E-state index is 0.199. The molecule has 0 amide bonds. The predicted octanol–water partition coefficient (Wildman–Crippen LogP) is 2.54. The lowest BCUT2D eigenvalue weighted by Gasteiger charge is -2.43. The summed E-state index contributed by atoms with van der Waals surface area (Å²) in [7, 11) is 0. The van der Waals surface area contributed by atoms with Crippen LogP contribution in [0.4, 0.5) is 0 Å². The number of nitrogens with two attached hydrogens (primary N) is 1. The van der Waals surface area contributed by atoms with Crippen LogP contribution in [0.3, 0.4) is 0 Å². The SMILES string of the molecule is CC(C)(N)C1(CC(=O)O)CCCCCC1. The van der Waals surface area contributed by atoms with Gasteiger partial charge in [-0.25, -0.2) is 0 Å². The third-order valence-electron chi connectivity index (χ3n) is 3.92. The molecule has 3 N–H and O–H groups in total. The van der Waals surface area contributed by atoms with E-state index in [-0.39, 0.29) is 11.8 Å². The Morgan fingerprint density at radius 1 is 1.27 bits per heavy atom. The molecule has 3 heteroatoms. The molecule has 0 aromatic heterocycles. The lowest BCUT2D eigenvalue weighted by Crippen LogP contribution is -2.51. The van der Waals surface area contributed by atoms with Crippen molar-refractivity contribution in [2.75, 3.05) is 0 Å². The number of aliphatic carboxylic acids is 1. The molecule has 3 nitrogen and oxygen atoms in total. The fourth-order valence-electron chi connectivity index (χ4n) is 2.74. The van der Waals surface area contributed by atoms with Crippen LogP contribution in [-0.2, 0) is 4.79 Å². The Bertz CT molecular complexity index is 222. The zero-order valence-corrected chi connectivity index (χ0v) is 9.88. The number of hydrogen-bond acceptors (Lipinski definition) is 2. The highest BCUT2D eigenvalue weighted by molar-refractivity contribution is 5.68. The van der Waals surface area contributed by atoms with Crippen molar-refractivity contribution in [2.24, 2.45) is 11.1 Å². The van der Waals surface area contributed by atoms with Gasteiger partial charge in [0.1, 0.15) is 0 Å². The molecule has 0 aliphatic heterocycles. The molecular weight excluding hydrogens is 190 g/mol. The molecule has 1 aliphatic rings. The van der Waals surface area contributed by atoms with Crippen LogP contribution < -0.4 is 5.73 Å². The van der Waals surface area contributed by atoms with Gasteiger partial charge in [-0.3, -0.25) is 4.79 Å². The number of carboxylic acids is 1. The topological polar surface area (TPSA) is 63.3 Å². The van der Waals surface area contributed by atoms with Crippen molar-refractivity contribution in [3.05, 3.63) is 0 Å². The van der Waals surface area contributed by atoms with Crippen LogP contribution in [0.25, 0.3) is 0 Å². The van der Waals surface area contributed by atoms with Crippen molar-refractivity contribution in [2.45, 2.75) is 64.3 Å². The van der Waals surface area contributed by atoms with Gasteiger partial charge < -0.3 is 10.8 Å². The van der Waals surface area contributed by atoms with E-state index < -0.39 is 11.5 Å². The third-order valence-corrected chi connectivity index (χ3v) is 3.92. The molecule has 0 atom stereocenters. The van der Waals surface area contributed by atoms with Gasteiger partial charge in [0.25, 0.3) is 0 Å². The quantitative estimate of drug-likeness (QED) is 0.708. The summed E-state index contributed by atoms with van der Waals surface area (Å²) >= 11 is 0. The smallest absolute Gasteiger partial charge is 0.303 e. The van der Waals surface area contributed by atoms with E-state index in [1.807, 2.05) is 13.8 Å². The molecule has 0 saturated heterocycles. The molecular formula is C12H23NO2. The van der Waals surface area contributed by atoms with Crippen LogP contribution in [0.5, 0.6) is 0 Å². The van der Waals surface area contributed by atoms with Crippen molar-refractivity contribution in [1.82, 2.24) is 0 Å². The highest BCUT2D eigenvalue weighted by atomic mass is 16.4. The summed E-state index contributed by atoms with van der Waals surface area (Å²) in [5.74, 6) is -0.713. The van der Waals surface area contributed by atoms with Gasteiger partial charge in [-0.2, -0.15) is 0 Å². The van der Waals surface area contributed by atoms with Crippen molar-refractivity contribution in [3.8, 4) is 0 Å². The summed E-state index contributed by atoms with van der Waals surface area (Å²) in [6.45, 7) is 3.95. The third kappa shape index (κ3) is 2.94. The van der Waals surface area contributed by atoms with Gasteiger partial charge in [0.15, 0.2) is 0 Å². The van der Waals surface area contributed by atoms with E-state index in [2.05, 4.69) is 0 Å². The maximum absolute atomic E-state index is 11.0. The molecule has 0 bridgehead atoms. The number of rotatable bonds is 3. The minimum atomic E-state index is -0.713. The number of carboxylic acid groups (broad SMARTS) is 1. The Morgan fingerprint density at radius 3 is 2.07 bits per heavy atom. The van der Waals surface area contributed by atoms with Crippen LogP contribution >= 0.6 is 0 Å². The fraction of sp³-hybridized carbons (Fsp3) is 0.917. The van der Waals surface area contributed by atoms with Crippen LogP contribution in [0.2, 0.25) is 0 Å². The van der Waals surface area contributed by atoms with Gasteiger partial charge in [0, 0.05) is 5.54 Å². The van der Waals surface area contributed by atoms with Gasteiger partial charge >= 0.3 is 5.97 Å². The van der Waals surface area contributed by atoms with Crippen LogP contribution in [-0.4, -0.2) is 16.6 Å². The molecule has 1 aliphatic carbocycles. The predicted molar refractivity (Wildman–Crippen MR) is 60.7 cm³/mol. The lowest BCUT2D eigenvalue weighted by atomic mass is 9.65. The van der Waals surface area contributed by atoms with Gasteiger partial charge in [-0.05, 0) is 32.1 Å². The number of carbonyl (C=O) groups is 1.